The van der Waals surface area contributed by atoms with E-state index in [9.17, 15) is 19.5 Å². The predicted octanol–water partition coefficient (Wildman–Crippen LogP) is -0.672. The zero-order valence-corrected chi connectivity index (χ0v) is 14.0. The first-order valence-electron chi connectivity index (χ1n) is 7.41. The topological polar surface area (TPSA) is 130 Å². The number of alkyl carbamates (subject to hydrolysis) is 1. The van der Waals surface area contributed by atoms with Crippen LogP contribution in [0.5, 0.6) is 0 Å². The van der Waals surface area contributed by atoms with Crippen molar-refractivity contribution in [3.8, 4) is 0 Å². The maximum absolute atomic E-state index is 11.4. The molecule has 138 valence electrons. The Morgan fingerprint density at radius 1 is 1.12 bits per heavy atom. The van der Waals surface area contributed by atoms with Gasteiger partial charge in [0.05, 0.1) is 0 Å². The lowest BCUT2D eigenvalue weighted by Crippen LogP contribution is -2.61. The minimum Gasteiger partial charge on any atom is -0.457 e. The molecule has 0 radical (unpaired) electrons. The van der Waals surface area contributed by atoms with Crippen LogP contribution in [0.1, 0.15) is 20.8 Å². The fourth-order valence-electron chi connectivity index (χ4n) is 2.23. The van der Waals surface area contributed by atoms with Crippen LogP contribution >= 0.6 is 0 Å². The van der Waals surface area contributed by atoms with Crippen LogP contribution in [0.15, 0.2) is 0 Å². The number of amides is 1. The zero-order chi connectivity index (χ0) is 18.3. The lowest BCUT2D eigenvalue weighted by atomic mass is 9.98. The molecule has 0 aliphatic carbocycles. The van der Waals surface area contributed by atoms with Gasteiger partial charge in [0.2, 0.25) is 0 Å². The van der Waals surface area contributed by atoms with Crippen molar-refractivity contribution in [1.29, 1.82) is 0 Å². The Balaban J connectivity index is 2.88. The maximum Gasteiger partial charge on any atom is 0.407 e. The number of carbonyl (C=O) groups is 3. The molecule has 1 fully saturated rings. The highest BCUT2D eigenvalue weighted by Crippen LogP contribution is 2.27. The van der Waals surface area contributed by atoms with Crippen LogP contribution in [0.4, 0.5) is 4.79 Å². The fraction of sp³-hybridized carbons (Fsp3) is 0.786. The highest BCUT2D eigenvalue weighted by molar-refractivity contribution is 5.67. The third-order valence-electron chi connectivity index (χ3n) is 3.15. The van der Waals surface area contributed by atoms with E-state index in [0.717, 1.165) is 13.8 Å². The largest absolute Gasteiger partial charge is 0.457 e. The van der Waals surface area contributed by atoms with Crippen LogP contribution in [0.25, 0.3) is 0 Å². The van der Waals surface area contributed by atoms with Crippen molar-refractivity contribution in [1.82, 2.24) is 5.32 Å². The molecule has 10 nitrogen and oxygen atoms in total. The molecule has 0 spiro atoms. The van der Waals surface area contributed by atoms with Crippen LogP contribution in [-0.4, -0.2) is 74.1 Å². The summed E-state index contributed by atoms with van der Waals surface area (Å²) in [7, 11) is 1.29. The monoisotopic (exact) mass is 349 g/mol. The smallest absolute Gasteiger partial charge is 0.407 e. The van der Waals surface area contributed by atoms with Gasteiger partial charge in [-0.05, 0) is 6.92 Å². The number of carbonyl (C=O) groups excluding carboxylic acids is 3. The first kappa shape index (κ1) is 20.1. The van der Waals surface area contributed by atoms with E-state index in [4.69, 9.17) is 23.7 Å². The van der Waals surface area contributed by atoms with Crippen molar-refractivity contribution < 1.29 is 43.2 Å². The Labute approximate surface area is 139 Å². The summed E-state index contributed by atoms with van der Waals surface area (Å²) < 4.78 is 25.5. The van der Waals surface area contributed by atoms with Gasteiger partial charge in [-0.2, -0.15) is 0 Å². The van der Waals surface area contributed by atoms with Crippen molar-refractivity contribution in [3.63, 3.8) is 0 Å². The van der Waals surface area contributed by atoms with Crippen molar-refractivity contribution in [2.75, 3.05) is 20.3 Å². The molecule has 1 heterocycles. The van der Waals surface area contributed by atoms with Gasteiger partial charge in [0, 0.05) is 27.5 Å². The van der Waals surface area contributed by atoms with Crippen LogP contribution in [0.2, 0.25) is 0 Å². The van der Waals surface area contributed by atoms with E-state index in [-0.39, 0.29) is 6.61 Å². The van der Waals surface area contributed by atoms with Gasteiger partial charge in [0.25, 0.3) is 0 Å². The van der Waals surface area contributed by atoms with Gasteiger partial charge in [0.1, 0.15) is 18.8 Å². The summed E-state index contributed by atoms with van der Waals surface area (Å²) in [5, 5.41) is 12.8. The highest BCUT2D eigenvalue weighted by atomic mass is 16.7. The van der Waals surface area contributed by atoms with E-state index in [0.29, 0.717) is 6.54 Å². The van der Waals surface area contributed by atoms with E-state index >= 15 is 0 Å². The van der Waals surface area contributed by atoms with E-state index in [2.05, 4.69) is 5.32 Å². The van der Waals surface area contributed by atoms with E-state index in [1.165, 1.54) is 7.11 Å². The third-order valence-corrected chi connectivity index (χ3v) is 3.15. The van der Waals surface area contributed by atoms with Gasteiger partial charge in [-0.3, -0.25) is 9.59 Å². The Kier molecular flexibility index (Phi) is 7.89. The summed E-state index contributed by atoms with van der Waals surface area (Å²) >= 11 is 0. The molecular formula is C14H23NO9. The summed E-state index contributed by atoms with van der Waals surface area (Å²) in [5.74, 6) is -1.34. The van der Waals surface area contributed by atoms with Crippen molar-refractivity contribution in [2.24, 2.45) is 0 Å². The second-order valence-corrected chi connectivity index (χ2v) is 5.05. The minimum absolute atomic E-state index is 0.298. The number of methoxy groups -OCH3 is 1. The summed E-state index contributed by atoms with van der Waals surface area (Å²) in [5.41, 5.74) is 0. The SMILES string of the molecule is CCNC(=O)OCC1OC(OC)C(OC(C)=O)C(O)C1OC(C)=O. The van der Waals surface area contributed by atoms with Crippen LogP contribution < -0.4 is 5.32 Å². The molecule has 1 rings (SSSR count). The normalized spacial score (nSPS) is 29.5. The standard InChI is InChI=1S/C14H23NO9/c1-5-15-14(19)21-6-9-11(22-7(2)16)10(18)12(23-8(3)17)13(20-4)24-9/h9-13,18H,5-6H2,1-4H3,(H,15,19). The molecule has 0 saturated carbocycles. The van der Waals surface area contributed by atoms with Gasteiger partial charge in [-0.25, -0.2) is 4.79 Å². The summed E-state index contributed by atoms with van der Waals surface area (Å²) in [6.45, 7) is 4.10. The molecule has 1 amide bonds. The summed E-state index contributed by atoms with van der Waals surface area (Å²) in [6.07, 6.45) is -6.61. The quantitative estimate of drug-likeness (QED) is 0.473. The number of hydrogen-bond donors (Lipinski definition) is 2. The zero-order valence-electron chi connectivity index (χ0n) is 14.0. The Hall–Kier alpha value is -1.91. The molecule has 1 saturated heterocycles. The first-order valence-corrected chi connectivity index (χ1v) is 7.41. The lowest BCUT2D eigenvalue weighted by molar-refractivity contribution is -0.299. The van der Waals surface area contributed by atoms with Crippen molar-refractivity contribution in [2.45, 2.75) is 51.5 Å². The van der Waals surface area contributed by atoms with Crippen LogP contribution in [0, 0.1) is 0 Å². The van der Waals surface area contributed by atoms with E-state index in [1.54, 1.807) is 6.92 Å². The molecule has 0 aromatic carbocycles. The number of hydrogen-bond acceptors (Lipinski definition) is 9. The lowest BCUT2D eigenvalue weighted by Gasteiger charge is -2.42. The summed E-state index contributed by atoms with van der Waals surface area (Å²) in [4.78, 5) is 33.9. The molecule has 1 aliphatic heterocycles. The third kappa shape index (κ3) is 5.62. The van der Waals surface area contributed by atoms with E-state index < -0.39 is 48.7 Å². The Bertz CT molecular complexity index is 456. The molecule has 10 heteroatoms. The van der Waals surface area contributed by atoms with Gasteiger partial charge in [-0.15, -0.1) is 0 Å². The number of esters is 2. The molecule has 2 N–H and O–H groups in total. The minimum atomic E-state index is -1.42. The number of rotatable bonds is 6. The molecule has 0 aromatic heterocycles. The number of aliphatic hydroxyl groups excluding tert-OH is 1. The van der Waals surface area contributed by atoms with E-state index in [1.807, 2.05) is 0 Å². The molecule has 0 bridgehead atoms. The fourth-order valence-corrected chi connectivity index (χ4v) is 2.23. The average molecular weight is 349 g/mol. The Morgan fingerprint density at radius 3 is 2.21 bits per heavy atom. The second kappa shape index (κ2) is 9.40. The van der Waals surface area contributed by atoms with Crippen molar-refractivity contribution >= 4 is 18.0 Å². The molecular weight excluding hydrogens is 326 g/mol. The molecule has 24 heavy (non-hydrogen) atoms. The van der Waals surface area contributed by atoms with Gasteiger partial charge < -0.3 is 34.1 Å². The summed E-state index contributed by atoms with van der Waals surface area (Å²) in [6, 6.07) is 0. The second-order valence-electron chi connectivity index (χ2n) is 5.05. The first-order chi connectivity index (χ1) is 11.3. The highest BCUT2D eigenvalue weighted by Gasteiger charge is 2.49. The predicted molar refractivity (Wildman–Crippen MR) is 77.8 cm³/mol. The van der Waals surface area contributed by atoms with Gasteiger partial charge in [-0.1, -0.05) is 0 Å². The number of aliphatic hydroxyl groups is 1. The molecule has 1 aliphatic rings. The average Bonchev–Trinajstić information content (AvgIpc) is 2.50. The van der Waals surface area contributed by atoms with Crippen molar-refractivity contribution in [3.05, 3.63) is 0 Å². The molecule has 0 aromatic rings. The van der Waals surface area contributed by atoms with Crippen LogP contribution in [0.3, 0.4) is 0 Å². The number of ether oxygens (including phenoxy) is 5. The molecule has 5 unspecified atom stereocenters. The van der Waals surface area contributed by atoms with Gasteiger partial charge >= 0.3 is 18.0 Å². The number of nitrogens with one attached hydrogen (secondary N) is 1. The van der Waals surface area contributed by atoms with Crippen LogP contribution in [-0.2, 0) is 33.3 Å². The Morgan fingerprint density at radius 2 is 1.71 bits per heavy atom. The van der Waals surface area contributed by atoms with Gasteiger partial charge in [0.15, 0.2) is 18.5 Å². The molecule has 5 atom stereocenters. The maximum atomic E-state index is 11.4.